The van der Waals surface area contributed by atoms with Gasteiger partial charge in [0.05, 0.1) is 0 Å². The maximum atomic E-state index is 14.3. The average Bonchev–Trinajstić information content (AvgIpc) is 2.89. The number of carbonyl (C=O) groups is 4. The van der Waals surface area contributed by atoms with Crippen molar-refractivity contribution in [3.8, 4) is 0 Å². The van der Waals surface area contributed by atoms with Gasteiger partial charge in [0.15, 0.2) is 0 Å². The fourth-order valence-electron chi connectivity index (χ4n) is 4.67. The minimum atomic E-state index is -1.09. The van der Waals surface area contributed by atoms with Gasteiger partial charge in [0.2, 0.25) is 11.8 Å². The lowest BCUT2D eigenvalue weighted by Crippen LogP contribution is -2.56. The van der Waals surface area contributed by atoms with Gasteiger partial charge in [-0.3, -0.25) is 9.59 Å². The normalized spacial score (nSPS) is 13.8. The zero-order valence-corrected chi connectivity index (χ0v) is 28.2. The number of carbonyl (C=O) groups excluding carboxylic acids is 4. The van der Waals surface area contributed by atoms with Crippen LogP contribution in [0.3, 0.4) is 0 Å². The molecule has 9 nitrogen and oxygen atoms in total. The Kier molecular flexibility index (Phi) is 12.6. The molecule has 3 unspecified atom stereocenters. The van der Waals surface area contributed by atoms with E-state index in [0.29, 0.717) is 5.56 Å². The van der Waals surface area contributed by atoms with E-state index in [1.54, 1.807) is 48.5 Å². The summed E-state index contributed by atoms with van der Waals surface area (Å²) in [5.74, 6) is -1.85. The standard InChI is InChI=1S/C35H51N3O6/c1-12-38(31(40)28(22(2)3)37-33(42)44-35(9,10)11)29(26-19-18-23(4)24(5)20-26)30(39)36-27(32(41)43-34(6,7)8)21-25-16-14-13-15-17-25/h13-20,22,27-29H,12,21H2,1-11H3,(H,36,39)(H,37,42). The van der Waals surface area contributed by atoms with Crippen molar-refractivity contribution >= 4 is 23.9 Å². The van der Waals surface area contributed by atoms with Crippen LogP contribution in [0, 0.1) is 19.8 Å². The van der Waals surface area contributed by atoms with Crippen LogP contribution in [0.15, 0.2) is 48.5 Å². The maximum Gasteiger partial charge on any atom is 0.408 e. The summed E-state index contributed by atoms with van der Waals surface area (Å²) in [7, 11) is 0. The molecule has 0 heterocycles. The van der Waals surface area contributed by atoms with E-state index < -0.39 is 53.2 Å². The SMILES string of the molecule is CCN(C(=O)C(NC(=O)OC(C)(C)C)C(C)C)C(C(=O)NC(Cc1ccccc1)C(=O)OC(C)(C)C)c1ccc(C)c(C)c1. The molecule has 0 saturated carbocycles. The molecule has 2 rings (SSSR count). The molecule has 0 aliphatic heterocycles. The van der Waals surface area contributed by atoms with Crippen LogP contribution in [0.4, 0.5) is 4.79 Å². The van der Waals surface area contributed by atoms with Crippen LogP contribution in [0.5, 0.6) is 0 Å². The molecule has 44 heavy (non-hydrogen) atoms. The molecular weight excluding hydrogens is 558 g/mol. The van der Waals surface area contributed by atoms with Gasteiger partial charge in [-0.1, -0.05) is 62.4 Å². The second-order valence-electron chi connectivity index (χ2n) is 13.5. The molecular formula is C35H51N3O6. The molecule has 3 amide bonds. The Morgan fingerprint density at radius 3 is 1.91 bits per heavy atom. The number of nitrogens with zero attached hydrogens (tertiary/aromatic N) is 1. The summed E-state index contributed by atoms with van der Waals surface area (Å²) in [6.07, 6.45) is -0.517. The third-order valence-corrected chi connectivity index (χ3v) is 6.93. The van der Waals surface area contributed by atoms with Crippen molar-refractivity contribution in [2.45, 2.75) is 112 Å². The predicted molar refractivity (Wildman–Crippen MR) is 172 cm³/mol. The number of esters is 1. The van der Waals surface area contributed by atoms with E-state index in [2.05, 4.69) is 10.6 Å². The van der Waals surface area contributed by atoms with E-state index in [0.717, 1.165) is 16.7 Å². The monoisotopic (exact) mass is 609 g/mol. The average molecular weight is 610 g/mol. The lowest BCUT2D eigenvalue weighted by Gasteiger charge is -2.35. The number of nitrogens with one attached hydrogen (secondary N) is 2. The van der Waals surface area contributed by atoms with Crippen LogP contribution in [-0.2, 0) is 30.3 Å². The van der Waals surface area contributed by atoms with Gasteiger partial charge in [0.1, 0.15) is 29.3 Å². The molecule has 2 N–H and O–H groups in total. The van der Waals surface area contributed by atoms with Gasteiger partial charge in [-0.05, 0) is 90.5 Å². The summed E-state index contributed by atoms with van der Waals surface area (Å²) < 4.78 is 11.1. The predicted octanol–water partition coefficient (Wildman–Crippen LogP) is 5.81. The number of rotatable bonds is 11. The summed E-state index contributed by atoms with van der Waals surface area (Å²) in [6.45, 7) is 20.0. The third kappa shape index (κ3) is 11.0. The topological polar surface area (TPSA) is 114 Å². The quantitative estimate of drug-likeness (QED) is 0.311. The zero-order chi connectivity index (χ0) is 33.4. The minimum absolute atomic E-state index is 0.166. The first-order valence-corrected chi connectivity index (χ1v) is 15.3. The fraction of sp³-hybridized carbons (Fsp3) is 0.543. The van der Waals surface area contributed by atoms with Gasteiger partial charge in [0, 0.05) is 13.0 Å². The van der Waals surface area contributed by atoms with E-state index >= 15 is 0 Å². The smallest absolute Gasteiger partial charge is 0.408 e. The molecule has 0 saturated heterocycles. The lowest BCUT2D eigenvalue weighted by atomic mass is 9.96. The van der Waals surface area contributed by atoms with Crippen molar-refractivity contribution in [3.05, 3.63) is 70.8 Å². The summed E-state index contributed by atoms with van der Waals surface area (Å²) in [5.41, 5.74) is 1.89. The highest BCUT2D eigenvalue weighted by Crippen LogP contribution is 2.26. The summed E-state index contributed by atoms with van der Waals surface area (Å²) in [4.78, 5) is 56.0. The number of benzene rings is 2. The molecule has 9 heteroatoms. The molecule has 3 atom stereocenters. The van der Waals surface area contributed by atoms with Gasteiger partial charge >= 0.3 is 12.1 Å². The molecule has 0 bridgehead atoms. The highest BCUT2D eigenvalue weighted by Gasteiger charge is 2.38. The molecule has 0 aliphatic rings. The van der Waals surface area contributed by atoms with Crippen molar-refractivity contribution in [1.82, 2.24) is 15.5 Å². The van der Waals surface area contributed by atoms with Gasteiger partial charge < -0.3 is 25.0 Å². The molecule has 2 aromatic carbocycles. The first-order chi connectivity index (χ1) is 20.3. The van der Waals surface area contributed by atoms with Crippen LogP contribution in [0.1, 0.15) is 90.6 Å². The van der Waals surface area contributed by atoms with Gasteiger partial charge in [-0.2, -0.15) is 0 Å². The van der Waals surface area contributed by atoms with Crippen molar-refractivity contribution in [1.29, 1.82) is 0 Å². The Bertz CT molecular complexity index is 1290. The first-order valence-electron chi connectivity index (χ1n) is 15.3. The van der Waals surface area contributed by atoms with Crippen LogP contribution >= 0.6 is 0 Å². The van der Waals surface area contributed by atoms with Crippen molar-refractivity contribution in [2.75, 3.05) is 6.54 Å². The molecule has 0 aromatic heterocycles. The number of alkyl carbamates (subject to hydrolysis) is 1. The van der Waals surface area contributed by atoms with E-state index in [-0.39, 0.29) is 18.9 Å². The van der Waals surface area contributed by atoms with Gasteiger partial charge in [-0.15, -0.1) is 0 Å². The number of likely N-dealkylation sites (N-methyl/N-ethyl adjacent to an activating group) is 1. The van der Waals surface area contributed by atoms with Gasteiger partial charge in [-0.25, -0.2) is 9.59 Å². The van der Waals surface area contributed by atoms with E-state index in [9.17, 15) is 19.2 Å². The Labute approximate surface area is 263 Å². The van der Waals surface area contributed by atoms with Crippen molar-refractivity contribution in [2.24, 2.45) is 5.92 Å². The highest BCUT2D eigenvalue weighted by atomic mass is 16.6. The molecule has 0 aliphatic carbocycles. The largest absolute Gasteiger partial charge is 0.458 e. The Morgan fingerprint density at radius 2 is 1.41 bits per heavy atom. The van der Waals surface area contributed by atoms with Crippen LogP contribution in [0.25, 0.3) is 0 Å². The Morgan fingerprint density at radius 1 is 0.818 bits per heavy atom. The van der Waals surface area contributed by atoms with E-state index in [4.69, 9.17) is 9.47 Å². The van der Waals surface area contributed by atoms with Crippen LogP contribution in [-0.4, -0.2) is 58.6 Å². The van der Waals surface area contributed by atoms with Crippen molar-refractivity contribution < 1.29 is 28.7 Å². The fourth-order valence-corrected chi connectivity index (χ4v) is 4.67. The Balaban J connectivity index is 2.56. The molecule has 0 radical (unpaired) electrons. The van der Waals surface area contributed by atoms with Crippen LogP contribution in [0.2, 0.25) is 0 Å². The molecule has 242 valence electrons. The lowest BCUT2D eigenvalue weighted by molar-refractivity contribution is -0.159. The van der Waals surface area contributed by atoms with E-state index in [1.165, 1.54) is 4.90 Å². The number of hydrogen-bond acceptors (Lipinski definition) is 6. The first kappa shape index (κ1) is 36.3. The number of ether oxygens (including phenoxy) is 2. The third-order valence-electron chi connectivity index (χ3n) is 6.93. The minimum Gasteiger partial charge on any atom is -0.458 e. The second kappa shape index (κ2) is 15.2. The zero-order valence-electron chi connectivity index (χ0n) is 28.2. The number of amides is 3. The number of aryl methyl sites for hydroxylation is 2. The maximum absolute atomic E-state index is 14.3. The van der Waals surface area contributed by atoms with Gasteiger partial charge in [0.25, 0.3) is 0 Å². The number of hydrogen-bond donors (Lipinski definition) is 2. The second-order valence-corrected chi connectivity index (χ2v) is 13.5. The van der Waals surface area contributed by atoms with Crippen molar-refractivity contribution in [3.63, 3.8) is 0 Å². The summed E-state index contributed by atoms with van der Waals surface area (Å²) in [5, 5.41) is 5.62. The van der Waals surface area contributed by atoms with E-state index in [1.807, 2.05) is 76.2 Å². The molecule has 0 spiro atoms. The summed E-state index contributed by atoms with van der Waals surface area (Å²) >= 11 is 0. The Hall–Kier alpha value is -3.88. The molecule has 2 aromatic rings. The van der Waals surface area contributed by atoms with Crippen LogP contribution < -0.4 is 10.6 Å². The highest BCUT2D eigenvalue weighted by molar-refractivity contribution is 5.94. The summed E-state index contributed by atoms with van der Waals surface area (Å²) in [6, 6.07) is 11.9. The molecule has 0 fully saturated rings.